The number of nitrogens with zero attached hydrogens (tertiary/aromatic N) is 2. The van der Waals surface area contributed by atoms with Gasteiger partial charge >= 0.3 is 0 Å². The molecule has 6 nitrogen and oxygen atoms in total. The Morgan fingerprint density at radius 1 is 1.32 bits per heavy atom. The van der Waals surface area contributed by atoms with E-state index in [0.717, 1.165) is 50.8 Å². The molecule has 2 N–H and O–H groups in total. The molecule has 2 aliphatic rings. The Labute approximate surface area is 168 Å². The number of amides is 1. The van der Waals surface area contributed by atoms with Crippen molar-refractivity contribution < 1.29 is 9.53 Å². The van der Waals surface area contributed by atoms with Crippen LogP contribution in [0.1, 0.15) is 56.5 Å². The van der Waals surface area contributed by atoms with Crippen LogP contribution in [-0.4, -0.2) is 55.2 Å². The molecule has 0 aliphatic carbocycles. The average molecular weight is 387 g/mol. The van der Waals surface area contributed by atoms with Crippen molar-refractivity contribution in [3.63, 3.8) is 0 Å². The fraction of sp³-hybridized carbons (Fsp3) is 0.636. The SMILES string of the molecule is CCNC(=NCc1cccc(C(=O)NC(C)(C)C)c1)N1CCC2(CCOC2)C1. The third-order valence-corrected chi connectivity index (χ3v) is 5.35. The zero-order valence-electron chi connectivity index (χ0n) is 17.7. The highest BCUT2D eigenvalue weighted by Crippen LogP contribution is 2.38. The predicted octanol–water partition coefficient (Wildman–Crippen LogP) is 2.79. The molecule has 1 amide bonds. The van der Waals surface area contributed by atoms with E-state index in [2.05, 4.69) is 22.5 Å². The monoisotopic (exact) mass is 386 g/mol. The highest BCUT2D eigenvalue weighted by molar-refractivity contribution is 5.94. The summed E-state index contributed by atoms with van der Waals surface area (Å²) < 4.78 is 5.64. The van der Waals surface area contributed by atoms with Crippen molar-refractivity contribution in [1.82, 2.24) is 15.5 Å². The molecule has 0 radical (unpaired) electrons. The van der Waals surface area contributed by atoms with Crippen molar-refractivity contribution in [3.8, 4) is 0 Å². The molecule has 1 unspecified atom stereocenters. The van der Waals surface area contributed by atoms with Crippen LogP contribution in [0.3, 0.4) is 0 Å². The fourth-order valence-corrected chi connectivity index (χ4v) is 3.90. The zero-order valence-corrected chi connectivity index (χ0v) is 17.7. The van der Waals surface area contributed by atoms with E-state index in [-0.39, 0.29) is 11.4 Å². The maximum atomic E-state index is 12.4. The van der Waals surface area contributed by atoms with Crippen molar-refractivity contribution in [2.75, 3.05) is 32.8 Å². The summed E-state index contributed by atoms with van der Waals surface area (Å²) in [7, 11) is 0. The van der Waals surface area contributed by atoms with Crippen LogP contribution in [-0.2, 0) is 11.3 Å². The number of likely N-dealkylation sites (tertiary alicyclic amines) is 1. The lowest BCUT2D eigenvalue weighted by molar-refractivity contribution is 0.0919. The maximum absolute atomic E-state index is 12.4. The van der Waals surface area contributed by atoms with E-state index in [1.807, 2.05) is 45.0 Å². The topological polar surface area (TPSA) is 66.0 Å². The maximum Gasteiger partial charge on any atom is 0.251 e. The van der Waals surface area contributed by atoms with E-state index in [0.29, 0.717) is 17.5 Å². The van der Waals surface area contributed by atoms with Gasteiger partial charge in [0.05, 0.1) is 13.2 Å². The third kappa shape index (κ3) is 5.25. The van der Waals surface area contributed by atoms with Crippen LogP contribution in [0.25, 0.3) is 0 Å². The van der Waals surface area contributed by atoms with Gasteiger partial charge in [-0.25, -0.2) is 4.99 Å². The number of hydrogen-bond acceptors (Lipinski definition) is 3. The third-order valence-electron chi connectivity index (χ3n) is 5.35. The molecule has 6 heteroatoms. The highest BCUT2D eigenvalue weighted by atomic mass is 16.5. The summed E-state index contributed by atoms with van der Waals surface area (Å²) in [6, 6.07) is 7.74. The number of ether oxygens (including phenoxy) is 1. The Hall–Kier alpha value is -2.08. The summed E-state index contributed by atoms with van der Waals surface area (Å²) in [6.07, 6.45) is 2.31. The van der Waals surface area contributed by atoms with Crippen molar-refractivity contribution in [3.05, 3.63) is 35.4 Å². The molecule has 2 aliphatic heterocycles. The van der Waals surface area contributed by atoms with Crippen molar-refractivity contribution in [2.45, 2.75) is 52.6 Å². The van der Waals surface area contributed by atoms with Crippen LogP contribution in [0.4, 0.5) is 0 Å². The van der Waals surface area contributed by atoms with Gasteiger partial charge in [-0.3, -0.25) is 4.79 Å². The van der Waals surface area contributed by atoms with Gasteiger partial charge < -0.3 is 20.3 Å². The highest BCUT2D eigenvalue weighted by Gasteiger charge is 2.42. The molecule has 28 heavy (non-hydrogen) atoms. The Bertz CT molecular complexity index is 717. The largest absolute Gasteiger partial charge is 0.381 e. The minimum atomic E-state index is -0.251. The van der Waals surface area contributed by atoms with Gasteiger partial charge in [-0.05, 0) is 58.2 Å². The van der Waals surface area contributed by atoms with Gasteiger partial charge in [-0.1, -0.05) is 12.1 Å². The Morgan fingerprint density at radius 2 is 2.14 bits per heavy atom. The first kappa shape index (κ1) is 20.6. The summed E-state index contributed by atoms with van der Waals surface area (Å²) in [5, 5.41) is 6.44. The molecule has 0 aromatic heterocycles. The first-order chi connectivity index (χ1) is 13.3. The molecule has 3 rings (SSSR count). The first-order valence-corrected chi connectivity index (χ1v) is 10.3. The lowest BCUT2D eigenvalue weighted by Crippen LogP contribution is -2.41. The number of aliphatic imine (C=N–C) groups is 1. The molecule has 2 saturated heterocycles. The van der Waals surface area contributed by atoms with Gasteiger partial charge in [-0.2, -0.15) is 0 Å². The molecule has 1 spiro atoms. The van der Waals surface area contributed by atoms with Crippen LogP contribution in [0.5, 0.6) is 0 Å². The number of nitrogens with one attached hydrogen (secondary N) is 2. The Balaban J connectivity index is 1.68. The van der Waals surface area contributed by atoms with Gasteiger partial charge in [0.2, 0.25) is 0 Å². The molecule has 2 heterocycles. The summed E-state index contributed by atoms with van der Waals surface area (Å²) in [6.45, 7) is 13.2. The van der Waals surface area contributed by atoms with Crippen molar-refractivity contribution >= 4 is 11.9 Å². The normalized spacial score (nSPS) is 22.7. The minimum absolute atomic E-state index is 0.0482. The van der Waals surface area contributed by atoms with Gasteiger partial charge in [0.15, 0.2) is 5.96 Å². The molecule has 1 atom stereocenters. The van der Waals surface area contributed by atoms with Crippen LogP contribution in [0.2, 0.25) is 0 Å². The van der Waals surface area contributed by atoms with Crippen molar-refractivity contribution in [2.24, 2.45) is 10.4 Å². The van der Waals surface area contributed by atoms with Crippen LogP contribution < -0.4 is 10.6 Å². The number of carbonyl (C=O) groups excluding carboxylic acids is 1. The second-order valence-electron chi connectivity index (χ2n) is 9.05. The number of hydrogen-bond donors (Lipinski definition) is 2. The predicted molar refractivity (Wildman–Crippen MR) is 113 cm³/mol. The van der Waals surface area contributed by atoms with E-state index in [1.165, 1.54) is 6.42 Å². The van der Waals surface area contributed by atoms with Crippen LogP contribution in [0, 0.1) is 5.41 Å². The quantitative estimate of drug-likeness (QED) is 0.617. The molecule has 1 aromatic carbocycles. The Kier molecular flexibility index (Phi) is 6.28. The molecule has 0 bridgehead atoms. The van der Waals surface area contributed by atoms with E-state index >= 15 is 0 Å². The van der Waals surface area contributed by atoms with Crippen molar-refractivity contribution in [1.29, 1.82) is 0 Å². The lowest BCUT2D eigenvalue weighted by Gasteiger charge is -2.25. The zero-order chi connectivity index (χ0) is 20.2. The second kappa shape index (κ2) is 8.52. The summed E-state index contributed by atoms with van der Waals surface area (Å²) >= 11 is 0. The smallest absolute Gasteiger partial charge is 0.251 e. The number of rotatable bonds is 4. The van der Waals surface area contributed by atoms with Gasteiger partial charge in [0, 0.05) is 42.8 Å². The lowest BCUT2D eigenvalue weighted by atomic mass is 9.87. The Morgan fingerprint density at radius 3 is 2.82 bits per heavy atom. The summed E-state index contributed by atoms with van der Waals surface area (Å²) in [4.78, 5) is 19.6. The average Bonchev–Trinajstić information content (AvgIpc) is 3.27. The minimum Gasteiger partial charge on any atom is -0.381 e. The number of benzene rings is 1. The standard InChI is InChI=1S/C22H34N4O2/c1-5-23-20(26-11-9-22(15-26)10-12-28-16-22)24-14-17-7-6-8-18(13-17)19(27)25-21(2,3)4/h6-8,13H,5,9-12,14-16H2,1-4H3,(H,23,24)(H,25,27). The van der Waals surface area contributed by atoms with E-state index in [9.17, 15) is 4.79 Å². The number of guanidine groups is 1. The van der Waals surface area contributed by atoms with E-state index in [1.54, 1.807) is 0 Å². The molecule has 154 valence electrons. The second-order valence-corrected chi connectivity index (χ2v) is 9.05. The van der Waals surface area contributed by atoms with Gasteiger partial charge in [-0.15, -0.1) is 0 Å². The number of carbonyl (C=O) groups is 1. The molecule has 0 saturated carbocycles. The van der Waals surface area contributed by atoms with E-state index < -0.39 is 0 Å². The first-order valence-electron chi connectivity index (χ1n) is 10.3. The van der Waals surface area contributed by atoms with Gasteiger partial charge in [0.25, 0.3) is 5.91 Å². The molecule has 1 aromatic rings. The summed E-state index contributed by atoms with van der Waals surface area (Å²) in [5.74, 6) is 0.906. The summed E-state index contributed by atoms with van der Waals surface area (Å²) in [5.41, 5.74) is 1.77. The van der Waals surface area contributed by atoms with Gasteiger partial charge in [0.1, 0.15) is 0 Å². The molecular formula is C22H34N4O2. The fourth-order valence-electron chi connectivity index (χ4n) is 3.90. The molecular weight excluding hydrogens is 352 g/mol. The van der Waals surface area contributed by atoms with E-state index in [4.69, 9.17) is 9.73 Å². The molecule has 2 fully saturated rings. The van der Waals surface area contributed by atoms with Crippen LogP contribution in [0.15, 0.2) is 29.3 Å². The van der Waals surface area contributed by atoms with Crippen LogP contribution >= 0.6 is 0 Å².